The van der Waals surface area contributed by atoms with Crippen molar-refractivity contribution >= 4 is 11.0 Å². The molecule has 0 radical (unpaired) electrons. The van der Waals surface area contributed by atoms with Gasteiger partial charge < -0.3 is 9.97 Å². The highest BCUT2D eigenvalue weighted by Gasteiger charge is 2.22. The average Bonchev–Trinajstić information content (AvgIpc) is 2.98. The summed E-state index contributed by atoms with van der Waals surface area (Å²) in [7, 11) is 0. The molecule has 1 atom stereocenters. The molecule has 1 aliphatic heterocycles. The third-order valence-corrected chi connectivity index (χ3v) is 3.89. The fourth-order valence-electron chi connectivity index (χ4n) is 2.76. The molecule has 5 nitrogen and oxygen atoms in total. The van der Waals surface area contributed by atoms with Crippen LogP contribution in [-0.4, -0.2) is 32.9 Å². The summed E-state index contributed by atoms with van der Waals surface area (Å²) in [5.74, 6) is 0.826. The number of aromatic amines is 2. The van der Waals surface area contributed by atoms with E-state index in [1.165, 1.54) is 19.2 Å². The van der Waals surface area contributed by atoms with Crippen LogP contribution in [0.4, 0.5) is 0 Å². The second-order valence-corrected chi connectivity index (χ2v) is 5.07. The number of hydrogen-bond donors (Lipinski definition) is 2. The standard InChI is InChI=1S/C13H18N4O/c1-2-9-3-4-17(6-9)7-10-5-14-12-11(10)15-8-16-13(12)18/h5,8-9,14H,2-4,6-7H2,1H3,(H,15,16,18). The van der Waals surface area contributed by atoms with Crippen molar-refractivity contribution in [3.8, 4) is 0 Å². The first kappa shape index (κ1) is 11.5. The van der Waals surface area contributed by atoms with Gasteiger partial charge in [0, 0.05) is 24.8 Å². The molecule has 1 unspecified atom stereocenters. The van der Waals surface area contributed by atoms with E-state index in [2.05, 4.69) is 26.8 Å². The molecule has 0 bridgehead atoms. The number of nitrogens with zero attached hydrogens (tertiary/aromatic N) is 2. The van der Waals surface area contributed by atoms with Gasteiger partial charge in [-0.25, -0.2) is 4.98 Å². The van der Waals surface area contributed by atoms with Gasteiger partial charge in [0.05, 0.1) is 11.8 Å². The van der Waals surface area contributed by atoms with Crippen LogP contribution in [-0.2, 0) is 6.54 Å². The summed E-state index contributed by atoms with van der Waals surface area (Å²) in [6.07, 6.45) is 5.92. The molecule has 18 heavy (non-hydrogen) atoms. The monoisotopic (exact) mass is 246 g/mol. The summed E-state index contributed by atoms with van der Waals surface area (Å²) in [4.78, 5) is 23.9. The van der Waals surface area contributed by atoms with Crippen molar-refractivity contribution in [3.05, 3.63) is 28.4 Å². The average molecular weight is 246 g/mol. The van der Waals surface area contributed by atoms with Gasteiger partial charge in [0.1, 0.15) is 5.52 Å². The Morgan fingerprint density at radius 3 is 3.17 bits per heavy atom. The van der Waals surface area contributed by atoms with Gasteiger partial charge in [-0.15, -0.1) is 0 Å². The lowest BCUT2D eigenvalue weighted by Gasteiger charge is -2.14. The van der Waals surface area contributed by atoms with Crippen LogP contribution in [0.25, 0.3) is 11.0 Å². The molecule has 0 aromatic carbocycles. The molecule has 1 fully saturated rings. The van der Waals surface area contributed by atoms with Gasteiger partial charge >= 0.3 is 0 Å². The fraction of sp³-hybridized carbons (Fsp3) is 0.538. The number of aromatic nitrogens is 3. The maximum atomic E-state index is 11.6. The number of hydrogen-bond acceptors (Lipinski definition) is 3. The second-order valence-electron chi connectivity index (χ2n) is 5.07. The highest BCUT2D eigenvalue weighted by molar-refractivity contribution is 5.77. The van der Waals surface area contributed by atoms with Gasteiger partial charge in [0.15, 0.2) is 0 Å². The fourth-order valence-corrected chi connectivity index (χ4v) is 2.76. The maximum absolute atomic E-state index is 11.6. The van der Waals surface area contributed by atoms with Crippen LogP contribution in [0.15, 0.2) is 17.3 Å². The topological polar surface area (TPSA) is 64.8 Å². The Morgan fingerprint density at radius 1 is 1.50 bits per heavy atom. The van der Waals surface area contributed by atoms with Crippen LogP contribution in [0, 0.1) is 5.92 Å². The summed E-state index contributed by atoms with van der Waals surface area (Å²) in [6, 6.07) is 0. The molecule has 0 amide bonds. The normalized spacial score (nSPS) is 20.8. The van der Waals surface area contributed by atoms with Gasteiger partial charge in [-0.3, -0.25) is 9.69 Å². The Balaban J connectivity index is 1.83. The van der Waals surface area contributed by atoms with Crippen molar-refractivity contribution in [3.63, 3.8) is 0 Å². The van der Waals surface area contributed by atoms with Gasteiger partial charge in [-0.2, -0.15) is 0 Å². The third-order valence-electron chi connectivity index (χ3n) is 3.89. The molecular formula is C13H18N4O. The van der Waals surface area contributed by atoms with Crippen molar-refractivity contribution in [1.29, 1.82) is 0 Å². The largest absolute Gasteiger partial charge is 0.355 e. The first-order valence-corrected chi connectivity index (χ1v) is 6.54. The van der Waals surface area contributed by atoms with E-state index in [1.807, 2.05) is 6.20 Å². The van der Waals surface area contributed by atoms with E-state index in [-0.39, 0.29) is 5.56 Å². The zero-order valence-corrected chi connectivity index (χ0v) is 10.6. The molecule has 1 saturated heterocycles. The van der Waals surface area contributed by atoms with Crippen molar-refractivity contribution in [2.45, 2.75) is 26.3 Å². The molecule has 96 valence electrons. The number of H-pyrrole nitrogens is 2. The Labute approximate surface area is 105 Å². The molecular weight excluding hydrogens is 228 g/mol. The van der Waals surface area contributed by atoms with E-state index in [0.29, 0.717) is 5.52 Å². The Kier molecular flexibility index (Phi) is 2.91. The smallest absolute Gasteiger partial charge is 0.275 e. The van der Waals surface area contributed by atoms with E-state index in [0.717, 1.165) is 36.6 Å². The number of nitrogens with one attached hydrogen (secondary N) is 2. The van der Waals surface area contributed by atoms with Crippen LogP contribution in [0.3, 0.4) is 0 Å². The molecule has 0 saturated carbocycles. The molecule has 5 heteroatoms. The van der Waals surface area contributed by atoms with Crippen molar-refractivity contribution < 1.29 is 0 Å². The van der Waals surface area contributed by atoms with Crippen molar-refractivity contribution in [2.75, 3.05) is 13.1 Å². The lowest BCUT2D eigenvalue weighted by atomic mass is 10.1. The SMILES string of the molecule is CCC1CCN(Cc2c[nH]c3c(=O)[nH]cnc23)C1. The van der Waals surface area contributed by atoms with Crippen LogP contribution >= 0.6 is 0 Å². The van der Waals surface area contributed by atoms with Gasteiger partial charge in [0.25, 0.3) is 5.56 Å². The predicted octanol–water partition coefficient (Wildman–Crippen LogP) is 1.48. The number of rotatable bonds is 3. The molecule has 3 heterocycles. The number of likely N-dealkylation sites (tertiary alicyclic amines) is 1. The van der Waals surface area contributed by atoms with Crippen molar-refractivity contribution in [2.24, 2.45) is 5.92 Å². The summed E-state index contributed by atoms with van der Waals surface area (Å²) in [5, 5.41) is 0. The molecule has 2 aromatic heterocycles. The molecule has 3 rings (SSSR count). The predicted molar refractivity (Wildman–Crippen MR) is 70.4 cm³/mol. The van der Waals surface area contributed by atoms with Crippen LogP contribution < -0.4 is 5.56 Å². The highest BCUT2D eigenvalue weighted by atomic mass is 16.1. The van der Waals surface area contributed by atoms with Crippen molar-refractivity contribution in [1.82, 2.24) is 19.9 Å². The first-order chi connectivity index (χ1) is 8.78. The highest BCUT2D eigenvalue weighted by Crippen LogP contribution is 2.22. The summed E-state index contributed by atoms with van der Waals surface area (Å²) < 4.78 is 0. The maximum Gasteiger partial charge on any atom is 0.275 e. The lowest BCUT2D eigenvalue weighted by Crippen LogP contribution is -2.20. The Morgan fingerprint density at radius 2 is 2.39 bits per heavy atom. The van der Waals surface area contributed by atoms with E-state index in [9.17, 15) is 4.79 Å². The minimum atomic E-state index is -0.0980. The van der Waals surface area contributed by atoms with Crippen LogP contribution in [0.5, 0.6) is 0 Å². The molecule has 2 aromatic rings. The third kappa shape index (κ3) is 1.95. The molecule has 0 aliphatic carbocycles. The zero-order chi connectivity index (χ0) is 12.5. The first-order valence-electron chi connectivity index (χ1n) is 6.54. The summed E-state index contributed by atoms with van der Waals surface area (Å²) in [5.41, 5.74) is 2.41. The quantitative estimate of drug-likeness (QED) is 0.862. The zero-order valence-electron chi connectivity index (χ0n) is 10.6. The molecule has 2 N–H and O–H groups in total. The van der Waals surface area contributed by atoms with Gasteiger partial charge in [-0.1, -0.05) is 13.3 Å². The molecule has 1 aliphatic rings. The lowest BCUT2D eigenvalue weighted by molar-refractivity contribution is 0.316. The minimum absolute atomic E-state index is 0.0980. The minimum Gasteiger partial charge on any atom is -0.355 e. The summed E-state index contributed by atoms with van der Waals surface area (Å²) >= 11 is 0. The second kappa shape index (κ2) is 4.57. The van der Waals surface area contributed by atoms with Crippen LogP contribution in [0.1, 0.15) is 25.3 Å². The van der Waals surface area contributed by atoms with E-state index < -0.39 is 0 Å². The summed E-state index contributed by atoms with van der Waals surface area (Å²) in [6.45, 7) is 5.44. The van der Waals surface area contributed by atoms with Gasteiger partial charge in [-0.05, 0) is 18.9 Å². The molecule has 0 spiro atoms. The number of fused-ring (bicyclic) bond motifs is 1. The van der Waals surface area contributed by atoms with E-state index in [1.54, 1.807) is 0 Å². The van der Waals surface area contributed by atoms with E-state index >= 15 is 0 Å². The van der Waals surface area contributed by atoms with Crippen LogP contribution in [0.2, 0.25) is 0 Å². The van der Waals surface area contributed by atoms with E-state index in [4.69, 9.17) is 0 Å². The van der Waals surface area contributed by atoms with Gasteiger partial charge in [0.2, 0.25) is 0 Å². The Bertz CT molecular complexity index is 600. The Hall–Kier alpha value is -1.62.